The Hall–Kier alpha value is -2.02. The van der Waals surface area contributed by atoms with Crippen molar-refractivity contribution >= 4 is 35.0 Å². The minimum atomic E-state index is -0.678. The maximum Gasteiger partial charge on any atom is 0.428 e. The summed E-state index contributed by atoms with van der Waals surface area (Å²) in [5, 5.41) is 0.575. The summed E-state index contributed by atoms with van der Waals surface area (Å²) in [5.41, 5.74) is 1.71. The molecule has 112 valence electrons. The van der Waals surface area contributed by atoms with Gasteiger partial charge in [0.2, 0.25) is 0 Å². The van der Waals surface area contributed by atoms with Gasteiger partial charge in [0.1, 0.15) is 0 Å². The number of rotatable bonds is 4. The van der Waals surface area contributed by atoms with Crippen LogP contribution in [0, 0.1) is 0 Å². The molecule has 2 aromatic rings. The van der Waals surface area contributed by atoms with Crippen LogP contribution in [0.3, 0.4) is 0 Å². The van der Waals surface area contributed by atoms with Crippen molar-refractivity contribution in [1.29, 1.82) is 0 Å². The molecule has 7 heteroatoms. The fraction of sp³-hybridized carbons (Fsp3) is 0.357. The molecule has 1 N–H and O–H groups in total. The minimum Gasteiger partial charge on any atom is -0.376 e. The maximum absolute atomic E-state index is 12.0. The lowest BCUT2D eigenvalue weighted by atomic mass is 10.3. The van der Waals surface area contributed by atoms with Gasteiger partial charge in [0, 0.05) is 24.4 Å². The van der Waals surface area contributed by atoms with Gasteiger partial charge in [0.05, 0.1) is 11.0 Å². The molecule has 0 aliphatic carbocycles. The standard InChI is InChI=1S/C14H17N3O3S/c1-4-12(18)20-14(19)17(9(2)3)21-13-15-10-7-5-6-8-11(10)16-13/h5-9H,4H2,1-3H3,(H,15,16). The summed E-state index contributed by atoms with van der Waals surface area (Å²) in [6.45, 7) is 5.32. The molecule has 0 unspecified atom stereocenters. The van der Waals surface area contributed by atoms with Gasteiger partial charge in [-0.05, 0) is 26.0 Å². The molecule has 0 bridgehead atoms. The summed E-state index contributed by atoms with van der Waals surface area (Å²) in [6, 6.07) is 7.45. The van der Waals surface area contributed by atoms with Crippen molar-refractivity contribution in [3.8, 4) is 0 Å². The molecule has 1 aromatic heterocycles. The monoisotopic (exact) mass is 307 g/mol. The molecule has 1 amide bonds. The van der Waals surface area contributed by atoms with E-state index >= 15 is 0 Å². The molecule has 0 spiro atoms. The van der Waals surface area contributed by atoms with E-state index in [9.17, 15) is 9.59 Å². The first-order valence-corrected chi connectivity index (χ1v) is 7.45. The van der Waals surface area contributed by atoms with E-state index in [0.29, 0.717) is 5.16 Å². The van der Waals surface area contributed by atoms with E-state index in [2.05, 4.69) is 9.97 Å². The Morgan fingerprint density at radius 3 is 2.71 bits per heavy atom. The van der Waals surface area contributed by atoms with Gasteiger partial charge < -0.3 is 9.72 Å². The van der Waals surface area contributed by atoms with Crippen LogP contribution in [0.4, 0.5) is 4.79 Å². The number of nitrogens with zero attached hydrogens (tertiary/aromatic N) is 2. The second-order valence-electron chi connectivity index (χ2n) is 4.66. The first-order chi connectivity index (χ1) is 10.0. The Kier molecular flexibility index (Phi) is 4.85. The number of aromatic nitrogens is 2. The molecule has 1 aromatic carbocycles. The molecule has 0 radical (unpaired) electrons. The molecule has 2 rings (SSSR count). The normalized spacial score (nSPS) is 10.9. The smallest absolute Gasteiger partial charge is 0.376 e. The highest BCUT2D eigenvalue weighted by molar-refractivity contribution is 7.97. The molecule has 6 nitrogen and oxygen atoms in total. The molecule has 0 aliphatic rings. The van der Waals surface area contributed by atoms with E-state index < -0.39 is 12.1 Å². The van der Waals surface area contributed by atoms with Crippen molar-refractivity contribution in [3.63, 3.8) is 0 Å². The van der Waals surface area contributed by atoms with Crippen LogP contribution in [0.2, 0.25) is 0 Å². The number of benzene rings is 1. The molecule has 1 heterocycles. The average Bonchev–Trinajstić information content (AvgIpc) is 2.86. The molecule has 0 atom stereocenters. The van der Waals surface area contributed by atoms with E-state index in [1.807, 2.05) is 38.1 Å². The number of fused-ring (bicyclic) bond motifs is 1. The maximum atomic E-state index is 12.0. The number of nitrogens with one attached hydrogen (secondary N) is 1. The number of H-pyrrole nitrogens is 1. The van der Waals surface area contributed by atoms with E-state index in [-0.39, 0.29) is 12.5 Å². The third-order valence-electron chi connectivity index (χ3n) is 2.69. The van der Waals surface area contributed by atoms with Gasteiger partial charge in [0.25, 0.3) is 0 Å². The first kappa shape index (κ1) is 15.4. The Balaban J connectivity index is 2.15. The average molecular weight is 307 g/mol. The third-order valence-corrected chi connectivity index (χ3v) is 3.82. The molecular weight excluding hydrogens is 290 g/mol. The second kappa shape index (κ2) is 6.62. The topological polar surface area (TPSA) is 75.3 Å². The zero-order chi connectivity index (χ0) is 15.4. The number of hydrogen-bond acceptors (Lipinski definition) is 5. The van der Waals surface area contributed by atoms with Crippen LogP contribution in [0.5, 0.6) is 0 Å². The summed E-state index contributed by atoms with van der Waals surface area (Å²) in [4.78, 5) is 30.7. The van der Waals surface area contributed by atoms with Crippen molar-refractivity contribution < 1.29 is 14.3 Å². The lowest BCUT2D eigenvalue weighted by Crippen LogP contribution is -2.32. The number of aromatic amines is 1. The van der Waals surface area contributed by atoms with E-state index in [4.69, 9.17) is 4.74 Å². The van der Waals surface area contributed by atoms with Crippen LogP contribution in [0.1, 0.15) is 27.2 Å². The summed E-state index contributed by atoms with van der Waals surface area (Å²) >= 11 is 1.12. The zero-order valence-electron chi connectivity index (χ0n) is 12.1. The van der Waals surface area contributed by atoms with Crippen LogP contribution in [0.15, 0.2) is 29.4 Å². The number of ether oxygens (including phenoxy) is 1. The molecule has 0 saturated heterocycles. The third kappa shape index (κ3) is 3.75. The SMILES string of the molecule is CCC(=O)OC(=O)N(Sc1nc2ccccc2[nH]1)C(C)C. The van der Waals surface area contributed by atoms with Crippen LogP contribution in [-0.2, 0) is 9.53 Å². The Morgan fingerprint density at radius 1 is 1.38 bits per heavy atom. The predicted octanol–water partition coefficient (Wildman–Crippen LogP) is 3.35. The second-order valence-corrected chi connectivity index (χ2v) is 5.63. The summed E-state index contributed by atoms with van der Waals surface area (Å²) in [6.07, 6.45) is -0.519. The molecular formula is C14H17N3O3S. The van der Waals surface area contributed by atoms with E-state index in [0.717, 1.165) is 23.0 Å². The number of hydrogen-bond donors (Lipinski definition) is 1. The summed E-state index contributed by atoms with van der Waals surface area (Å²) in [7, 11) is 0. The fourth-order valence-corrected chi connectivity index (χ4v) is 2.44. The largest absolute Gasteiger partial charge is 0.428 e. The van der Waals surface area contributed by atoms with Crippen molar-refractivity contribution in [2.45, 2.75) is 38.4 Å². The quantitative estimate of drug-likeness (QED) is 0.532. The predicted molar refractivity (Wildman–Crippen MR) is 80.7 cm³/mol. The van der Waals surface area contributed by atoms with Gasteiger partial charge in [-0.25, -0.2) is 14.1 Å². The van der Waals surface area contributed by atoms with Gasteiger partial charge >= 0.3 is 12.1 Å². The fourth-order valence-electron chi connectivity index (χ4n) is 1.63. The van der Waals surface area contributed by atoms with Crippen molar-refractivity contribution in [2.75, 3.05) is 0 Å². The highest BCUT2D eigenvalue weighted by Gasteiger charge is 2.23. The van der Waals surface area contributed by atoms with Crippen LogP contribution < -0.4 is 0 Å². The zero-order valence-corrected chi connectivity index (χ0v) is 12.9. The molecule has 0 aliphatic heterocycles. The van der Waals surface area contributed by atoms with Gasteiger partial charge in [0.15, 0.2) is 5.16 Å². The Morgan fingerprint density at radius 2 is 2.10 bits per heavy atom. The van der Waals surface area contributed by atoms with Gasteiger partial charge in [-0.2, -0.15) is 0 Å². The van der Waals surface area contributed by atoms with Crippen molar-refractivity contribution in [1.82, 2.24) is 14.3 Å². The highest BCUT2D eigenvalue weighted by atomic mass is 32.2. The summed E-state index contributed by atoms with van der Waals surface area (Å²) < 4.78 is 6.14. The molecule has 21 heavy (non-hydrogen) atoms. The van der Waals surface area contributed by atoms with Crippen LogP contribution in [0.25, 0.3) is 11.0 Å². The highest BCUT2D eigenvalue weighted by Crippen LogP contribution is 2.25. The number of amides is 1. The Labute approximate surface area is 127 Å². The minimum absolute atomic E-state index is 0.139. The molecule has 0 fully saturated rings. The van der Waals surface area contributed by atoms with E-state index in [1.54, 1.807) is 6.92 Å². The number of imidazole rings is 1. The van der Waals surface area contributed by atoms with Crippen LogP contribution >= 0.6 is 11.9 Å². The van der Waals surface area contributed by atoms with Gasteiger partial charge in [-0.15, -0.1) is 0 Å². The summed E-state index contributed by atoms with van der Waals surface area (Å²) in [5.74, 6) is -0.546. The first-order valence-electron chi connectivity index (χ1n) is 6.67. The number of carbonyl (C=O) groups excluding carboxylic acids is 2. The lowest BCUT2D eigenvalue weighted by molar-refractivity contribution is -0.137. The lowest BCUT2D eigenvalue weighted by Gasteiger charge is -2.22. The van der Waals surface area contributed by atoms with E-state index in [1.165, 1.54) is 4.31 Å². The van der Waals surface area contributed by atoms with Gasteiger partial charge in [-0.1, -0.05) is 19.1 Å². The number of carbonyl (C=O) groups is 2. The van der Waals surface area contributed by atoms with Crippen molar-refractivity contribution in [3.05, 3.63) is 24.3 Å². The molecule has 0 saturated carbocycles. The number of para-hydroxylation sites is 2. The van der Waals surface area contributed by atoms with Gasteiger partial charge in [-0.3, -0.25) is 4.79 Å². The van der Waals surface area contributed by atoms with Crippen molar-refractivity contribution in [2.24, 2.45) is 0 Å². The van der Waals surface area contributed by atoms with Crippen LogP contribution in [-0.4, -0.2) is 32.4 Å². The number of esters is 1. The Bertz CT molecular complexity index is 621.